The van der Waals surface area contributed by atoms with Crippen LogP contribution in [-0.2, 0) is 11.3 Å². The van der Waals surface area contributed by atoms with Gasteiger partial charge in [0.1, 0.15) is 0 Å². The molecule has 23 heavy (non-hydrogen) atoms. The van der Waals surface area contributed by atoms with Crippen LogP contribution < -0.4 is 11.1 Å². The predicted octanol–water partition coefficient (Wildman–Crippen LogP) is 2.86. The molecule has 0 fully saturated rings. The van der Waals surface area contributed by atoms with Gasteiger partial charge in [0.15, 0.2) is 5.58 Å². The van der Waals surface area contributed by atoms with Gasteiger partial charge in [-0.3, -0.25) is 9.36 Å². The summed E-state index contributed by atoms with van der Waals surface area (Å²) in [5.74, 6) is -0.534. The standard InChI is InChI=1S/C18H18N2O3/c1-13(14-7-3-2-4-8-14)19-17(21)11-12-20-15-9-5-6-10-16(15)23-18(20)22/h2-10,13H,11-12H2,1H3,(H,19,21)/t13-/m0/s1. The number of fused-ring (bicyclic) bond motifs is 1. The van der Waals surface area contributed by atoms with Crippen molar-refractivity contribution in [3.63, 3.8) is 0 Å². The lowest BCUT2D eigenvalue weighted by Gasteiger charge is -2.14. The van der Waals surface area contributed by atoms with Crippen molar-refractivity contribution in [3.05, 3.63) is 70.7 Å². The largest absolute Gasteiger partial charge is 0.419 e. The fourth-order valence-corrected chi connectivity index (χ4v) is 2.58. The van der Waals surface area contributed by atoms with E-state index in [0.717, 1.165) is 5.56 Å². The van der Waals surface area contributed by atoms with E-state index in [4.69, 9.17) is 4.42 Å². The Labute approximate surface area is 133 Å². The maximum atomic E-state index is 12.1. The Morgan fingerprint density at radius 1 is 1.13 bits per heavy atom. The van der Waals surface area contributed by atoms with Crippen LogP contribution in [0.15, 0.2) is 63.8 Å². The molecule has 3 aromatic rings. The molecule has 1 aromatic heterocycles. The molecule has 0 saturated heterocycles. The van der Waals surface area contributed by atoms with Gasteiger partial charge in [0.25, 0.3) is 0 Å². The van der Waals surface area contributed by atoms with Crippen molar-refractivity contribution in [1.29, 1.82) is 0 Å². The molecular formula is C18H18N2O3. The van der Waals surface area contributed by atoms with Gasteiger partial charge in [0.05, 0.1) is 11.6 Å². The SMILES string of the molecule is C[C@H](NC(=O)CCn1c(=O)oc2ccccc21)c1ccccc1. The number of hydrogen-bond donors (Lipinski definition) is 1. The maximum Gasteiger partial charge on any atom is 0.419 e. The van der Waals surface area contributed by atoms with Crippen molar-refractivity contribution >= 4 is 17.0 Å². The molecular weight excluding hydrogens is 292 g/mol. The van der Waals surface area contributed by atoms with Crippen molar-refractivity contribution in [2.24, 2.45) is 0 Å². The molecule has 0 aliphatic heterocycles. The third kappa shape index (κ3) is 3.34. The first-order chi connectivity index (χ1) is 11.1. The summed E-state index contributed by atoms with van der Waals surface area (Å²) in [5.41, 5.74) is 2.30. The third-order valence-electron chi connectivity index (χ3n) is 3.81. The molecule has 0 spiro atoms. The predicted molar refractivity (Wildman–Crippen MR) is 88.1 cm³/mol. The quantitative estimate of drug-likeness (QED) is 0.788. The lowest BCUT2D eigenvalue weighted by molar-refractivity contribution is -0.121. The van der Waals surface area contributed by atoms with Gasteiger partial charge in [-0.25, -0.2) is 4.79 Å². The maximum absolute atomic E-state index is 12.1. The molecule has 1 atom stereocenters. The highest BCUT2D eigenvalue weighted by molar-refractivity contribution is 5.77. The first-order valence-electron chi connectivity index (χ1n) is 7.58. The molecule has 0 aliphatic rings. The van der Waals surface area contributed by atoms with E-state index in [0.29, 0.717) is 17.6 Å². The van der Waals surface area contributed by atoms with Gasteiger partial charge >= 0.3 is 5.76 Å². The second kappa shape index (κ2) is 6.52. The number of hydrogen-bond acceptors (Lipinski definition) is 3. The number of carbonyl (C=O) groups excluding carboxylic acids is 1. The average molecular weight is 310 g/mol. The minimum Gasteiger partial charge on any atom is -0.408 e. The number of aryl methyl sites for hydroxylation is 1. The van der Waals surface area contributed by atoms with Crippen molar-refractivity contribution in [1.82, 2.24) is 9.88 Å². The van der Waals surface area contributed by atoms with Crippen LogP contribution in [0.1, 0.15) is 24.9 Å². The molecule has 0 unspecified atom stereocenters. The second-order valence-electron chi connectivity index (χ2n) is 5.44. The van der Waals surface area contributed by atoms with Crippen LogP contribution in [0.25, 0.3) is 11.1 Å². The first-order valence-corrected chi connectivity index (χ1v) is 7.58. The van der Waals surface area contributed by atoms with Crippen molar-refractivity contribution in [2.45, 2.75) is 25.9 Å². The molecule has 0 saturated carbocycles. The van der Waals surface area contributed by atoms with E-state index in [9.17, 15) is 9.59 Å². The van der Waals surface area contributed by atoms with Crippen molar-refractivity contribution < 1.29 is 9.21 Å². The van der Waals surface area contributed by atoms with E-state index in [2.05, 4.69) is 5.32 Å². The van der Waals surface area contributed by atoms with Gasteiger partial charge in [-0.15, -0.1) is 0 Å². The van der Waals surface area contributed by atoms with Gasteiger partial charge < -0.3 is 9.73 Å². The highest BCUT2D eigenvalue weighted by atomic mass is 16.4. The van der Waals surface area contributed by atoms with E-state index in [1.54, 1.807) is 6.07 Å². The van der Waals surface area contributed by atoms with Crippen molar-refractivity contribution in [2.75, 3.05) is 0 Å². The summed E-state index contributed by atoms with van der Waals surface area (Å²) in [5, 5.41) is 2.94. The lowest BCUT2D eigenvalue weighted by Crippen LogP contribution is -2.28. The monoisotopic (exact) mass is 310 g/mol. The zero-order valence-corrected chi connectivity index (χ0v) is 12.9. The minimum atomic E-state index is -0.435. The number of nitrogens with one attached hydrogen (secondary N) is 1. The summed E-state index contributed by atoms with van der Waals surface area (Å²) < 4.78 is 6.65. The van der Waals surface area contributed by atoms with Crippen LogP contribution in [0, 0.1) is 0 Å². The Balaban J connectivity index is 1.65. The Hall–Kier alpha value is -2.82. The number of oxazole rings is 1. The molecule has 0 radical (unpaired) electrons. The summed E-state index contributed by atoms with van der Waals surface area (Å²) in [6.45, 7) is 2.23. The van der Waals surface area contributed by atoms with Gasteiger partial charge in [-0.1, -0.05) is 42.5 Å². The smallest absolute Gasteiger partial charge is 0.408 e. The number of nitrogens with zero attached hydrogens (tertiary/aromatic N) is 1. The first kappa shape index (κ1) is 15.1. The van der Waals surface area contributed by atoms with Crippen LogP contribution >= 0.6 is 0 Å². The van der Waals surface area contributed by atoms with E-state index in [-0.39, 0.29) is 18.4 Å². The zero-order chi connectivity index (χ0) is 16.2. The molecule has 3 rings (SSSR count). The van der Waals surface area contributed by atoms with Gasteiger partial charge in [-0.05, 0) is 24.6 Å². The zero-order valence-electron chi connectivity index (χ0n) is 12.9. The molecule has 118 valence electrons. The number of para-hydroxylation sites is 2. The molecule has 1 amide bonds. The van der Waals surface area contributed by atoms with Crippen LogP contribution in [-0.4, -0.2) is 10.5 Å². The topological polar surface area (TPSA) is 64.2 Å². The van der Waals surface area contributed by atoms with Gasteiger partial charge in [0, 0.05) is 13.0 Å². The molecule has 1 heterocycles. The number of amides is 1. The highest BCUT2D eigenvalue weighted by Gasteiger charge is 2.12. The molecule has 0 bridgehead atoms. The fraction of sp³-hybridized carbons (Fsp3) is 0.222. The normalized spacial score (nSPS) is 12.2. The van der Waals surface area contributed by atoms with Crippen molar-refractivity contribution in [3.8, 4) is 0 Å². The number of carbonyl (C=O) groups is 1. The Morgan fingerprint density at radius 3 is 2.61 bits per heavy atom. The van der Waals surface area contributed by atoms with Gasteiger partial charge in [0.2, 0.25) is 5.91 Å². The molecule has 2 aromatic carbocycles. The van der Waals surface area contributed by atoms with Crippen LogP contribution in [0.4, 0.5) is 0 Å². The molecule has 0 aliphatic carbocycles. The number of benzene rings is 2. The molecule has 5 nitrogen and oxygen atoms in total. The van der Waals surface area contributed by atoms with E-state index in [1.807, 2.05) is 55.5 Å². The molecule has 5 heteroatoms. The second-order valence-corrected chi connectivity index (χ2v) is 5.44. The Kier molecular flexibility index (Phi) is 4.28. The Morgan fingerprint density at radius 2 is 1.83 bits per heavy atom. The third-order valence-corrected chi connectivity index (χ3v) is 3.81. The highest BCUT2D eigenvalue weighted by Crippen LogP contribution is 2.13. The van der Waals surface area contributed by atoms with Gasteiger partial charge in [-0.2, -0.15) is 0 Å². The van der Waals surface area contributed by atoms with Crippen LogP contribution in [0.3, 0.4) is 0 Å². The van der Waals surface area contributed by atoms with Crippen LogP contribution in [0.5, 0.6) is 0 Å². The fourth-order valence-electron chi connectivity index (χ4n) is 2.58. The lowest BCUT2D eigenvalue weighted by atomic mass is 10.1. The van der Waals surface area contributed by atoms with Crippen LogP contribution in [0.2, 0.25) is 0 Å². The van der Waals surface area contributed by atoms with E-state index < -0.39 is 5.76 Å². The van der Waals surface area contributed by atoms with E-state index >= 15 is 0 Å². The summed E-state index contributed by atoms with van der Waals surface area (Å²) >= 11 is 0. The summed E-state index contributed by atoms with van der Waals surface area (Å²) in [7, 11) is 0. The number of rotatable bonds is 5. The number of aromatic nitrogens is 1. The molecule has 1 N–H and O–H groups in total. The van der Waals surface area contributed by atoms with E-state index in [1.165, 1.54) is 4.57 Å². The summed E-state index contributed by atoms with van der Waals surface area (Å²) in [6.07, 6.45) is 0.223. The summed E-state index contributed by atoms with van der Waals surface area (Å²) in [4.78, 5) is 24.0. The Bertz CT molecular complexity index is 865. The minimum absolute atomic E-state index is 0.0680. The average Bonchev–Trinajstić information content (AvgIpc) is 2.89. The summed E-state index contributed by atoms with van der Waals surface area (Å²) in [6, 6.07) is 16.9.